The molecule has 0 aromatic heterocycles. The molecule has 0 saturated heterocycles. The number of hydrogen-bond donors (Lipinski definition) is 0. The molecule has 1 aliphatic rings. The largest absolute Gasteiger partial charge is 0.433 e. The highest BCUT2D eigenvalue weighted by Crippen LogP contribution is 2.60. The van der Waals surface area contributed by atoms with E-state index in [1.54, 1.807) is 0 Å². The van der Waals surface area contributed by atoms with Gasteiger partial charge < -0.3 is 0 Å². The number of allylic oxidation sites excluding steroid dienone is 4. The van der Waals surface area contributed by atoms with E-state index in [4.69, 9.17) is 11.6 Å². The highest BCUT2D eigenvalue weighted by Gasteiger charge is 2.81. The second kappa shape index (κ2) is 6.04. The maximum Gasteiger partial charge on any atom is 0.433 e. The fourth-order valence-electron chi connectivity index (χ4n) is 3.33. The first kappa shape index (κ1) is 19.8. The molecule has 0 atom stereocenters. The summed E-state index contributed by atoms with van der Waals surface area (Å²) in [5.74, 6) is 0. The number of benzene rings is 1. The van der Waals surface area contributed by atoms with Crippen molar-refractivity contribution in [2.75, 3.05) is 0 Å². The minimum absolute atomic E-state index is 0.151. The fourth-order valence-corrected chi connectivity index (χ4v) is 3.62. The molecule has 1 aromatic carbocycles. The number of alkyl halides is 7. The SMILES string of the molecule is CC1=CC(c2ccccc2Cl)(C(F)(C(F)(F)F)C(F)(F)F)C=C(C)C1. The van der Waals surface area contributed by atoms with E-state index in [1.807, 2.05) is 0 Å². The monoisotopic (exact) mass is 386 g/mol. The van der Waals surface area contributed by atoms with Crippen LogP contribution in [0.4, 0.5) is 30.7 Å². The predicted molar refractivity (Wildman–Crippen MR) is 81.2 cm³/mol. The van der Waals surface area contributed by atoms with E-state index in [1.165, 1.54) is 26.0 Å². The Bertz CT molecular complexity index is 693. The molecule has 0 aliphatic heterocycles. The standard InChI is InChI=1S/C17H14ClF7/c1-10-7-11(2)9-14(8-10,12-5-3-4-6-13(12)18)15(19,16(20,21)22)17(23,24)25/h3-6,8-9H,7H2,1-2H3. The molecule has 0 saturated carbocycles. The summed E-state index contributed by atoms with van der Waals surface area (Å²) >= 11 is 5.89. The summed E-state index contributed by atoms with van der Waals surface area (Å²) in [6.07, 6.45) is -10.9. The molecule has 0 fully saturated rings. The fraction of sp³-hybridized carbons (Fsp3) is 0.412. The topological polar surface area (TPSA) is 0 Å². The van der Waals surface area contributed by atoms with Gasteiger partial charge in [-0.25, -0.2) is 4.39 Å². The lowest BCUT2D eigenvalue weighted by atomic mass is 9.63. The van der Waals surface area contributed by atoms with Crippen LogP contribution in [0.5, 0.6) is 0 Å². The predicted octanol–water partition coefficient (Wildman–Crippen LogP) is 6.71. The van der Waals surface area contributed by atoms with Crippen molar-refractivity contribution in [3.05, 3.63) is 58.1 Å². The first-order valence-corrected chi connectivity index (χ1v) is 7.58. The van der Waals surface area contributed by atoms with Gasteiger partial charge in [-0.1, -0.05) is 53.1 Å². The third kappa shape index (κ3) is 2.96. The third-order valence-corrected chi connectivity index (χ3v) is 4.51. The Morgan fingerprint density at radius 2 is 1.28 bits per heavy atom. The van der Waals surface area contributed by atoms with E-state index >= 15 is 4.39 Å². The molecular weight excluding hydrogens is 373 g/mol. The van der Waals surface area contributed by atoms with Gasteiger partial charge in [0.05, 0.1) is 5.41 Å². The van der Waals surface area contributed by atoms with Crippen LogP contribution in [0.15, 0.2) is 47.6 Å². The average Bonchev–Trinajstić information content (AvgIpc) is 2.43. The van der Waals surface area contributed by atoms with Crippen LogP contribution in [0.1, 0.15) is 25.8 Å². The van der Waals surface area contributed by atoms with Gasteiger partial charge in [-0.15, -0.1) is 0 Å². The van der Waals surface area contributed by atoms with Crippen LogP contribution in [0.2, 0.25) is 5.02 Å². The minimum Gasteiger partial charge on any atom is -0.222 e. The van der Waals surface area contributed by atoms with Gasteiger partial charge in [-0.2, -0.15) is 26.3 Å². The maximum atomic E-state index is 15.2. The Hall–Kier alpha value is -1.50. The highest BCUT2D eigenvalue weighted by molar-refractivity contribution is 6.31. The van der Waals surface area contributed by atoms with Gasteiger partial charge in [-0.3, -0.25) is 0 Å². The summed E-state index contributed by atoms with van der Waals surface area (Å²) in [4.78, 5) is 0. The number of rotatable bonds is 2. The van der Waals surface area contributed by atoms with Crippen molar-refractivity contribution in [2.45, 2.75) is 43.7 Å². The molecule has 8 heteroatoms. The molecule has 1 aromatic rings. The zero-order valence-corrected chi connectivity index (χ0v) is 14.0. The molecule has 0 amide bonds. The molecule has 2 rings (SSSR count). The lowest BCUT2D eigenvalue weighted by molar-refractivity contribution is -0.354. The normalized spacial score (nSPS) is 18.6. The van der Waals surface area contributed by atoms with Crippen molar-refractivity contribution >= 4 is 11.6 Å². The smallest absolute Gasteiger partial charge is 0.222 e. The Labute approximate surface area is 145 Å². The van der Waals surface area contributed by atoms with Crippen molar-refractivity contribution in [3.8, 4) is 0 Å². The van der Waals surface area contributed by atoms with Gasteiger partial charge >= 0.3 is 18.0 Å². The van der Waals surface area contributed by atoms with E-state index < -0.39 is 29.0 Å². The van der Waals surface area contributed by atoms with Crippen LogP contribution in [0, 0.1) is 0 Å². The summed E-state index contributed by atoms with van der Waals surface area (Å²) in [6, 6.07) is 4.67. The molecule has 0 bridgehead atoms. The lowest BCUT2D eigenvalue weighted by Crippen LogP contribution is -2.65. The van der Waals surface area contributed by atoms with E-state index in [9.17, 15) is 26.3 Å². The molecule has 0 spiro atoms. The van der Waals surface area contributed by atoms with E-state index in [-0.39, 0.29) is 22.6 Å². The first-order chi connectivity index (χ1) is 11.3. The molecule has 0 unspecified atom stereocenters. The Kier molecular flexibility index (Phi) is 4.79. The Balaban J connectivity index is 3.00. The zero-order valence-electron chi connectivity index (χ0n) is 13.2. The summed E-state index contributed by atoms with van der Waals surface area (Å²) in [5.41, 5.74) is -8.90. The molecule has 0 N–H and O–H groups in total. The molecule has 1 aliphatic carbocycles. The summed E-state index contributed by atoms with van der Waals surface area (Å²) in [5, 5.41) is -0.381. The Morgan fingerprint density at radius 3 is 1.68 bits per heavy atom. The van der Waals surface area contributed by atoms with E-state index in [0.29, 0.717) is 12.2 Å². The van der Waals surface area contributed by atoms with Crippen LogP contribution >= 0.6 is 11.6 Å². The second-order valence-corrected chi connectivity index (χ2v) is 6.57. The van der Waals surface area contributed by atoms with Crippen molar-refractivity contribution in [3.63, 3.8) is 0 Å². The van der Waals surface area contributed by atoms with E-state index in [0.717, 1.165) is 12.1 Å². The van der Waals surface area contributed by atoms with Crippen molar-refractivity contribution < 1.29 is 30.7 Å². The van der Waals surface area contributed by atoms with E-state index in [2.05, 4.69) is 0 Å². The average molecular weight is 387 g/mol. The van der Waals surface area contributed by atoms with Crippen molar-refractivity contribution in [1.82, 2.24) is 0 Å². The quantitative estimate of drug-likeness (QED) is 0.391. The molecule has 0 heterocycles. The number of halogens is 8. The van der Waals surface area contributed by atoms with Gasteiger partial charge in [0, 0.05) is 5.02 Å². The van der Waals surface area contributed by atoms with Crippen LogP contribution < -0.4 is 0 Å². The van der Waals surface area contributed by atoms with Crippen LogP contribution in [0.3, 0.4) is 0 Å². The van der Waals surface area contributed by atoms with Crippen molar-refractivity contribution in [2.24, 2.45) is 0 Å². The second-order valence-electron chi connectivity index (χ2n) is 6.16. The summed E-state index contributed by atoms with van der Waals surface area (Å²) in [7, 11) is 0. The van der Waals surface area contributed by atoms with Gasteiger partial charge in [0.1, 0.15) is 0 Å². The maximum absolute atomic E-state index is 15.2. The van der Waals surface area contributed by atoms with Gasteiger partial charge in [0.15, 0.2) is 0 Å². The molecular formula is C17H14ClF7. The van der Waals surface area contributed by atoms with Crippen molar-refractivity contribution in [1.29, 1.82) is 0 Å². The molecule has 0 nitrogen and oxygen atoms in total. The number of hydrogen-bond acceptors (Lipinski definition) is 0. The summed E-state index contributed by atoms with van der Waals surface area (Å²) in [6.45, 7) is 2.71. The van der Waals surface area contributed by atoms with Gasteiger partial charge in [0.25, 0.3) is 0 Å². The molecule has 0 radical (unpaired) electrons. The zero-order chi connectivity index (χ0) is 19.3. The molecule has 25 heavy (non-hydrogen) atoms. The molecule has 138 valence electrons. The lowest BCUT2D eigenvalue weighted by Gasteiger charge is -2.46. The minimum atomic E-state index is -6.21. The van der Waals surface area contributed by atoms with Crippen LogP contribution in [-0.4, -0.2) is 18.0 Å². The van der Waals surface area contributed by atoms with Crippen LogP contribution in [0.25, 0.3) is 0 Å². The first-order valence-electron chi connectivity index (χ1n) is 7.20. The third-order valence-electron chi connectivity index (χ3n) is 4.18. The highest BCUT2D eigenvalue weighted by atomic mass is 35.5. The summed E-state index contributed by atoms with van der Waals surface area (Å²) < 4.78 is 96.2. The van der Waals surface area contributed by atoms with Crippen LogP contribution in [-0.2, 0) is 5.41 Å². The van der Waals surface area contributed by atoms with Gasteiger partial charge in [-0.05, 0) is 31.9 Å². The Morgan fingerprint density at radius 1 is 0.840 bits per heavy atom. The van der Waals surface area contributed by atoms with Gasteiger partial charge in [0.2, 0.25) is 0 Å².